The van der Waals surface area contributed by atoms with Crippen molar-refractivity contribution in [3.8, 4) is 0 Å². The third-order valence-corrected chi connectivity index (χ3v) is 8.94. The van der Waals surface area contributed by atoms with Gasteiger partial charge in [-0.25, -0.2) is 0 Å². The fraction of sp³-hybridized carbons (Fsp3) is 0.480. The van der Waals surface area contributed by atoms with Crippen LogP contribution >= 0.6 is 33.2 Å². The molecule has 1 spiro atoms. The summed E-state index contributed by atoms with van der Waals surface area (Å²) >= 11 is 6.12. The molecule has 3 aliphatic rings. The number of fused-ring (bicyclic) bond motifs is 7. The smallest absolute Gasteiger partial charge is 0.326 e. The highest BCUT2D eigenvalue weighted by Crippen LogP contribution is 2.36. The van der Waals surface area contributed by atoms with Crippen molar-refractivity contribution in [1.29, 1.82) is 0 Å². The van der Waals surface area contributed by atoms with Gasteiger partial charge in [-0.05, 0) is 43.0 Å². The van der Waals surface area contributed by atoms with Crippen LogP contribution in [-0.2, 0) is 35.1 Å². The molecule has 0 aromatic heterocycles. The minimum Gasteiger partial charge on any atom is -0.456 e. The maximum atomic E-state index is 13.5. The van der Waals surface area contributed by atoms with Crippen molar-refractivity contribution in [2.45, 2.75) is 55.8 Å². The van der Waals surface area contributed by atoms with Crippen molar-refractivity contribution in [3.63, 3.8) is 0 Å². The van der Waals surface area contributed by atoms with E-state index in [0.29, 0.717) is 35.6 Å². The number of hydrogen-bond acceptors (Lipinski definition) is 8. The first-order valence-electron chi connectivity index (χ1n) is 12.3. The van der Waals surface area contributed by atoms with Crippen LogP contribution in [0.4, 0.5) is 0 Å². The molecular weight excluding hydrogens is 552 g/mol. The molecule has 13 heteroatoms. The molecule has 4 rings (SSSR count). The molecule has 2 aliphatic heterocycles. The number of allylic oxidation sites excluding steroid dienone is 1. The summed E-state index contributed by atoms with van der Waals surface area (Å²) in [6.45, 7) is -0.397. The molecule has 2 fully saturated rings. The molecule has 1 aromatic rings. The second-order valence-electron chi connectivity index (χ2n) is 9.33. The lowest BCUT2D eigenvalue weighted by Crippen LogP contribution is -2.59. The zero-order chi connectivity index (χ0) is 27.1. The minimum absolute atomic E-state index is 0.126. The average molecular weight is 581 g/mol. The standard InChI is InChI=1S/C25H29ClN4O6S2/c26-16-5-3-4-15(10-16)11-18-22(33)29-19-14-38-37-9-2-1-6-17(12-20(31)28-18)36-21(32)13-27-24(35)25(7-8-25)30-23(19)34/h1,3-6,10,17-19H,2,7-9,11-14H2,(H,27,35)(H,28,31)(H,29,33)(H,30,34)/b6-1+/t17-,18-,19-/m1/s1. The number of rotatable bonds is 2. The molecule has 10 nitrogen and oxygen atoms in total. The van der Waals surface area contributed by atoms with Gasteiger partial charge in [0.25, 0.3) is 0 Å². The molecule has 4 N–H and O–H groups in total. The normalized spacial score (nSPS) is 27.7. The molecule has 2 heterocycles. The number of esters is 1. The Morgan fingerprint density at radius 1 is 1.05 bits per heavy atom. The largest absolute Gasteiger partial charge is 0.456 e. The van der Waals surface area contributed by atoms with E-state index in [1.54, 1.807) is 30.3 Å². The predicted molar refractivity (Wildman–Crippen MR) is 145 cm³/mol. The predicted octanol–water partition coefficient (Wildman–Crippen LogP) is 1.27. The Kier molecular flexibility index (Phi) is 9.61. The minimum atomic E-state index is -1.13. The van der Waals surface area contributed by atoms with Crippen molar-refractivity contribution in [3.05, 3.63) is 47.0 Å². The number of ether oxygens (including phenoxy) is 1. The van der Waals surface area contributed by atoms with Gasteiger partial charge in [0.1, 0.15) is 30.3 Å². The third-order valence-electron chi connectivity index (χ3n) is 6.26. The van der Waals surface area contributed by atoms with E-state index < -0.39 is 59.9 Å². The Morgan fingerprint density at radius 2 is 1.87 bits per heavy atom. The van der Waals surface area contributed by atoms with Crippen molar-refractivity contribution in [2.24, 2.45) is 0 Å². The molecule has 1 aromatic carbocycles. The van der Waals surface area contributed by atoms with Crippen LogP contribution < -0.4 is 21.3 Å². The van der Waals surface area contributed by atoms with Crippen LogP contribution in [-0.4, -0.2) is 71.4 Å². The van der Waals surface area contributed by atoms with E-state index in [9.17, 15) is 24.0 Å². The van der Waals surface area contributed by atoms with E-state index >= 15 is 0 Å². The highest BCUT2D eigenvalue weighted by molar-refractivity contribution is 8.76. The second kappa shape index (κ2) is 12.9. The molecule has 1 saturated carbocycles. The van der Waals surface area contributed by atoms with Gasteiger partial charge in [0, 0.05) is 22.9 Å². The number of halogens is 1. The monoisotopic (exact) mass is 580 g/mol. The zero-order valence-electron chi connectivity index (χ0n) is 20.5. The number of carbonyl (C=O) groups excluding carboxylic acids is 5. The number of benzene rings is 1. The van der Waals surface area contributed by atoms with Crippen LogP contribution in [0.2, 0.25) is 5.02 Å². The molecule has 3 atom stereocenters. The summed E-state index contributed by atoms with van der Waals surface area (Å²) in [6.07, 6.45) is 3.98. The lowest BCUT2D eigenvalue weighted by atomic mass is 10.0. The van der Waals surface area contributed by atoms with E-state index in [1.807, 2.05) is 6.08 Å². The maximum Gasteiger partial charge on any atom is 0.326 e. The van der Waals surface area contributed by atoms with Crippen molar-refractivity contribution in [1.82, 2.24) is 21.3 Å². The van der Waals surface area contributed by atoms with Crippen LogP contribution in [0.3, 0.4) is 0 Å². The second-order valence-corrected chi connectivity index (χ2v) is 12.4. The van der Waals surface area contributed by atoms with Gasteiger partial charge in [0.15, 0.2) is 0 Å². The Bertz CT molecular complexity index is 1130. The molecule has 1 aliphatic carbocycles. The quantitative estimate of drug-likeness (QED) is 0.233. The van der Waals surface area contributed by atoms with E-state index in [1.165, 1.54) is 21.6 Å². The SMILES string of the molecule is O=C1C[C@H]2/C=C/CCSSC[C@@H](NC(=O)[C@@H](Cc3cccc(Cl)c3)N1)C(=O)NC1(CC1)C(=O)NCC(=O)O2. The molecule has 1 saturated heterocycles. The van der Waals surface area contributed by atoms with Gasteiger partial charge in [-0.2, -0.15) is 0 Å². The third kappa shape index (κ3) is 7.90. The zero-order valence-corrected chi connectivity index (χ0v) is 22.9. The first-order valence-corrected chi connectivity index (χ1v) is 15.2. The van der Waals surface area contributed by atoms with E-state index in [4.69, 9.17) is 16.3 Å². The van der Waals surface area contributed by atoms with Crippen molar-refractivity contribution in [2.75, 3.05) is 18.1 Å². The van der Waals surface area contributed by atoms with Crippen LogP contribution in [0.25, 0.3) is 0 Å². The fourth-order valence-corrected chi connectivity index (χ4v) is 6.45. The molecule has 4 amide bonds. The summed E-state index contributed by atoms with van der Waals surface area (Å²) in [5.74, 6) is -1.81. The van der Waals surface area contributed by atoms with Crippen molar-refractivity contribution >= 4 is 62.8 Å². The summed E-state index contributed by atoms with van der Waals surface area (Å²) in [4.78, 5) is 65.0. The highest BCUT2D eigenvalue weighted by Gasteiger charge is 2.52. The number of nitrogens with one attached hydrogen (secondary N) is 4. The maximum absolute atomic E-state index is 13.5. The molecule has 0 unspecified atom stereocenters. The van der Waals surface area contributed by atoms with Crippen LogP contribution in [0.15, 0.2) is 36.4 Å². The summed E-state index contributed by atoms with van der Waals surface area (Å²) in [6, 6.07) is 4.95. The summed E-state index contributed by atoms with van der Waals surface area (Å²) in [5, 5.41) is 11.3. The van der Waals surface area contributed by atoms with E-state index in [-0.39, 0.29) is 18.6 Å². The highest BCUT2D eigenvalue weighted by atomic mass is 35.5. The molecular formula is C25H29ClN4O6S2. The molecule has 38 heavy (non-hydrogen) atoms. The Hall–Kier alpha value is -2.70. The van der Waals surface area contributed by atoms with Gasteiger partial charge in [0.05, 0.1) is 6.42 Å². The Balaban J connectivity index is 1.66. The lowest BCUT2D eigenvalue weighted by molar-refractivity contribution is -0.148. The van der Waals surface area contributed by atoms with Crippen molar-refractivity contribution < 1.29 is 28.7 Å². The number of carbonyl (C=O) groups is 5. The first kappa shape index (κ1) is 28.3. The molecule has 204 valence electrons. The van der Waals surface area contributed by atoms with Gasteiger partial charge >= 0.3 is 5.97 Å². The summed E-state index contributed by atoms with van der Waals surface area (Å²) in [7, 11) is 2.96. The van der Waals surface area contributed by atoms with Gasteiger partial charge in [-0.1, -0.05) is 51.4 Å². The average Bonchev–Trinajstić information content (AvgIpc) is 3.64. The van der Waals surface area contributed by atoms with Gasteiger partial charge in [-0.15, -0.1) is 0 Å². The van der Waals surface area contributed by atoms with Gasteiger partial charge in [-0.3, -0.25) is 24.0 Å². The van der Waals surface area contributed by atoms with Gasteiger partial charge < -0.3 is 26.0 Å². The summed E-state index contributed by atoms with van der Waals surface area (Å²) < 4.78 is 5.47. The number of hydrogen-bond donors (Lipinski definition) is 4. The fourth-order valence-electron chi connectivity index (χ4n) is 4.08. The lowest BCUT2D eigenvalue weighted by Gasteiger charge is -2.26. The first-order chi connectivity index (χ1) is 18.2. The summed E-state index contributed by atoms with van der Waals surface area (Å²) in [5.41, 5.74) is -0.413. The van der Waals surface area contributed by atoms with Crippen LogP contribution in [0, 0.1) is 0 Å². The molecule has 2 bridgehead atoms. The van der Waals surface area contributed by atoms with Gasteiger partial charge in [0.2, 0.25) is 23.6 Å². The topological polar surface area (TPSA) is 143 Å². The van der Waals surface area contributed by atoms with Crippen LogP contribution in [0.1, 0.15) is 31.2 Å². The Morgan fingerprint density at radius 3 is 2.63 bits per heavy atom. The van der Waals surface area contributed by atoms with E-state index in [2.05, 4.69) is 21.3 Å². The van der Waals surface area contributed by atoms with Crippen LogP contribution in [0.5, 0.6) is 0 Å². The van der Waals surface area contributed by atoms with E-state index in [0.717, 1.165) is 0 Å². The Labute approximate surface area is 233 Å². The number of amides is 4. The molecule has 0 radical (unpaired) electrons.